The van der Waals surface area contributed by atoms with Gasteiger partial charge in [-0.3, -0.25) is 10.0 Å². The fraction of sp³-hybridized carbons (Fsp3) is 0.0741. The van der Waals surface area contributed by atoms with Crippen molar-refractivity contribution < 1.29 is 19.5 Å². The largest absolute Gasteiger partial charge is 0.496 e. The van der Waals surface area contributed by atoms with E-state index >= 15 is 0 Å². The van der Waals surface area contributed by atoms with Crippen LogP contribution in [-0.2, 0) is 4.79 Å². The average Bonchev–Trinajstić information content (AvgIpc) is 2.89. The minimum absolute atomic E-state index is 0.393. The molecule has 4 rings (SSSR count). The molecule has 0 saturated heterocycles. The number of aliphatic imine (C=N–C) groups is 1. The van der Waals surface area contributed by atoms with Gasteiger partial charge in [0.2, 0.25) is 0 Å². The maximum Gasteiger partial charge on any atom is 0.320 e. The van der Waals surface area contributed by atoms with Gasteiger partial charge in [-0.25, -0.2) is 14.9 Å². The summed E-state index contributed by atoms with van der Waals surface area (Å²) in [5.41, 5.74) is 2.69. The highest BCUT2D eigenvalue weighted by atomic mass is 35.5. The Morgan fingerprint density at radius 2 is 1.72 bits per heavy atom. The van der Waals surface area contributed by atoms with Crippen molar-refractivity contribution in [3.05, 3.63) is 119 Å². The zero-order chi connectivity index (χ0) is 25.5. The molecule has 2 aromatic rings. The molecule has 0 fully saturated rings. The van der Waals surface area contributed by atoms with Crippen molar-refractivity contribution in [2.45, 2.75) is 6.04 Å². The van der Waals surface area contributed by atoms with Gasteiger partial charge in [-0.2, -0.15) is 0 Å². The number of amides is 3. The molecule has 2 aliphatic rings. The number of allylic oxidation sites excluding steroid dienone is 8. The second-order valence-electron chi connectivity index (χ2n) is 7.71. The second kappa shape index (κ2) is 11.4. The van der Waals surface area contributed by atoms with Crippen molar-refractivity contribution in [1.29, 1.82) is 0 Å². The van der Waals surface area contributed by atoms with E-state index in [-0.39, 0.29) is 0 Å². The summed E-state index contributed by atoms with van der Waals surface area (Å²) in [5.74, 6) is -0.153. The molecule has 1 heterocycles. The summed E-state index contributed by atoms with van der Waals surface area (Å²) in [7, 11) is 1.49. The number of rotatable bonds is 5. The third kappa shape index (κ3) is 5.99. The van der Waals surface area contributed by atoms with Crippen LogP contribution >= 0.6 is 11.6 Å². The van der Waals surface area contributed by atoms with Crippen LogP contribution in [0.4, 0.5) is 10.5 Å². The smallest absolute Gasteiger partial charge is 0.320 e. The molecule has 0 bridgehead atoms. The van der Waals surface area contributed by atoms with E-state index in [1.807, 2.05) is 6.08 Å². The summed E-state index contributed by atoms with van der Waals surface area (Å²) in [6.45, 7) is 0. The Morgan fingerprint density at radius 3 is 2.42 bits per heavy atom. The maximum absolute atomic E-state index is 13.3. The van der Waals surface area contributed by atoms with Gasteiger partial charge in [-0.1, -0.05) is 48.0 Å². The molecule has 2 aromatic carbocycles. The summed E-state index contributed by atoms with van der Waals surface area (Å²) in [6.07, 6.45) is 13.6. The third-order valence-electron chi connectivity index (χ3n) is 5.32. The molecule has 0 radical (unpaired) electrons. The topological polar surface area (TPSA) is 103 Å². The third-order valence-corrected chi connectivity index (χ3v) is 5.57. The normalized spacial score (nSPS) is 15.1. The van der Waals surface area contributed by atoms with Crippen molar-refractivity contribution in [3.8, 4) is 5.75 Å². The minimum atomic E-state index is -1.11. The number of hydrogen-bond donors (Lipinski definition) is 3. The van der Waals surface area contributed by atoms with Gasteiger partial charge in [-0.05, 0) is 54.6 Å². The van der Waals surface area contributed by atoms with Gasteiger partial charge in [0.15, 0.2) is 0 Å². The van der Waals surface area contributed by atoms with E-state index in [9.17, 15) is 14.8 Å². The average molecular weight is 503 g/mol. The number of anilines is 1. The van der Waals surface area contributed by atoms with Gasteiger partial charge in [0.1, 0.15) is 11.8 Å². The standard InChI is InChI=1S/C27H23ClN4O4/c1-36-24-8-3-2-6-22(24)25(31-27(34)30-21-15-11-19(28)12-16-21)26(33)29-20-13-9-18(10-14-20)23-7-4-5-17-32(23)35/h2-17,25,35H,1H3,(H2,30,31,34). The quantitative estimate of drug-likeness (QED) is 0.512. The SMILES string of the molecule is COc1ccccc1C(NC(=O)Nc1ccc(Cl)cc1)C(=O)N=C1C=CC(=C2C=CC=CN2O)C=C1. The maximum atomic E-state index is 13.3. The van der Waals surface area contributed by atoms with Crippen LogP contribution in [0, 0.1) is 0 Å². The van der Waals surface area contributed by atoms with E-state index in [0.717, 1.165) is 10.6 Å². The van der Waals surface area contributed by atoms with Crippen LogP contribution in [0.3, 0.4) is 0 Å². The monoisotopic (exact) mass is 502 g/mol. The fourth-order valence-corrected chi connectivity index (χ4v) is 3.70. The molecule has 36 heavy (non-hydrogen) atoms. The predicted octanol–water partition coefficient (Wildman–Crippen LogP) is 5.33. The second-order valence-corrected chi connectivity index (χ2v) is 8.14. The van der Waals surface area contributed by atoms with Crippen LogP contribution in [0.1, 0.15) is 11.6 Å². The zero-order valence-electron chi connectivity index (χ0n) is 19.3. The number of urea groups is 1. The first-order valence-corrected chi connectivity index (χ1v) is 11.3. The van der Waals surface area contributed by atoms with E-state index in [1.54, 1.807) is 85.0 Å². The highest BCUT2D eigenvalue weighted by molar-refractivity contribution is 6.30. The van der Waals surface area contributed by atoms with Crippen molar-refractivity contribution in [2.75, 3.05) is 12.4 Å². The Labute approximate surface area is 213 Å². The highest BCUT2D eigenvalue weighted by Gasteiger charge is 2.26. The van der Waals surface area contributed by atoms with E-state index in [0.29, 0.717) is 33.4 Å². The molecule has 0 spiro atoms. The Balaban J connectivity index is 1.57. The number of hydroxylamine groups is 2. The van der Waals surface area contributed by atoms with E-state index in [2.05, 4.69) is 15.6 Å². The lowest BCUT2D eigenvalue weighted by molar-refractivity contribution is -0.119. The first-order chi connectivity index (χ1) is 17.4. The molecule has 1 unspecified atom stereocenters. The molecule has 9 heteroatoms. The van der Waals surface area contributed by atoms with Gasteiger partial charge in [0.05, 0.1) is 18.5 Å². The summed E-state index contributed by atoms with van der Waals surface area (Å²) in [5, 5.41) is 16.9. The van der Waals surface area contributed by atoms with Crippen LogP contribution < -0.4 is 15.4 Å². The lowest BCUT2D eigenvalue weighted by Gasteiger charge is -2.20. The minimum Gasteiger partial charge on any atom is -0.496 e. The molecule has 8 nitrogen and oxygen atoms in total. The number of nitrogens with one attached hydrogen (secondary N) is 2. The summed E-state index contributed by atoms with van der Waals surface area (Å²) < 4.78 is 5.41. The summed E-state index contributed by atoms with van der Waals surface area (Å²) in [4.78, 5) is 30.3. The van der Waals surface area contributed by atoms with Gasteiger partial charge in [0, 0.05) is 28.0 Å². The molecular weight excluding hydrogens is 480 g/mol. The Bertz CT molecular complexity index is 1320. The molecule has 182 valence electrons. The molecule has 0 saturated carbocycles. The number of carbonyl (C=O) groups excluding carboxylic acids is 2. The van der Waals surface area contributed by atoms with E-state index in [1.165, 1.54) is 13.3 Å². The molecule has 1 aliphatic heterocycles. The van der Waals surface area contributed by atoms with E-state index in [4.69, 9.17) is 16.3 Å². The molecule has 1 aliphatic carbocycles. The van der Waals surface area contributed by atoms with Crippen molar-refractivity contribution in [3.63, 3.8) is 0 Å². The lowest BCUT2D eigenvalue weighted by atomic mass is 10.0. The first-order valence-electron chi connectivity index (χ1n) is 11.0. The van der Waals surface area contributed by atoms with Crippen LogP contribution in [0.2, 0.25) is 5.02 Å². The molecule has 0 aromatic heterocycles. The molecular formula is C27H23ClN4O4. The number of benzene rings is 2. The van der Waals surface area contributed by atoms with Crippen LogP contribution in [-0.4, -0.2) is 35.0 Å². The Morgan fingerprint density at radius 1 is 1.00 bits per heavy atom. The van der Waals surface area contributed by atoms with Crippen molar-refractivity contribution in [2.24, 2.45) is 4.99 Å². The molecule has 3 N–H and O–H groups in total. The number of para-hydroxylation sites is 1. The number of methoxy groups -OCH3 is 1. The highest BCUT2D eigenvalue weighted by Crippen LogP contribution is 2.27. The molecule has 3 amide bonds. The number of hydrogen-bond acceptors (Lipinski definition) is 5. The van der Waals surface area contributed by atoms with Crippen molar-refractivity contribution >= 4 is 34.9 Å². The lowest BCUT2D eigenvalue weighted by Crippen LogP contribution is -2.36. The summed E-state index contributed by atoms with van der Waals surface area (Å²) in [6, 6.07) is 11.8. The zero-order valence-corrected chi connectivity index (χ0v) is 20.0. The Kier molecular flexibility index (Phi) is 7.79. The van der Waals surface area contributed by atoms with Gasteiger partial charge in [0.25, 0.3) is 5.91 Å². The van der Waals surface area contributed by atoms with E-state index < -0.39 is 18.0 Å². The summed E-state index contributed by atoms with van der Waals surface area (Å²) >= 11 is 5.90. The van der Waals surface area contributed by atoms with Crippen LogP contribution in [0.25, 0.3) is 0 Å². The number of ether oxygens (including phenoxy) is 1. The van der Waals surface area contributed by atoms with Gasteiger partial charge in [-0.15, -0.1) is 0 Å². The van der Waals surface area contributed by atoms with Gasteiger partial charge < -0.3 is 15.4 Å². The van der Waals surface area contributed by atoms with Crippen LogP contribution in [0.5, 0.6) is 5.75 Å². The fourth-order valence-electron chi connectivity index (χ4n) is 3.57. The predicted molar refractivity (Wildman–Crippen MR) is 139 cm³/mol. The first kappa shape index (κ1) is 24.7. The number of carbonyl (C=O) groups is 2. The Hall–Kier alpha value is -4.40. The number of halogens is 1. The van der Waals surface area contributed by atoms with Crippen molar-refractivity contribution in [1.82, 2.24) is 10.4 Å². The van der Waals surface area contributed by atoms with Crippen LogP contribution in [0.15, 0.2) is 114 Å². The number of nitrogens with zero attached hydrogens (tertiary/aromatic N) is 2. The molecule has 1 atom stereocenters. The van der Waals surface area contributed by atoms with Gasteiger partial charge >= 0.3 is 6.03 Å².